The van der Waals surface area contributed by atoms with Gasteiger partial charge in [-0.1, -0.05) is 91.0 Å². The van der Waals surface area contributed by atoms with Gasteiger partial charge in [-0.2, -0.15) is 0 Å². The smallest absolute Gasteiger partial charge is 0.0538 e. The lowest BCUT2D eigenvalue weighted by Crippen LogP contribution is -2.09. The Hall–Kier alpha value is -4.73. The van der Waals surface area contributed by atoms with Gasteiger partial charge in [-0.05, 0) is 64.7 Å². The number of pyridine rings is 1. The van der Waals surface area contributed by atoms with Gasteiger partial charge in [0.25, 0.3) is 0 Å². The van der Waals surface area contributed by atoms with Crippen LogP contribution in [-0.2, 0) is 0 Å². The number of anilines is 3. The van der Waals surface area contributed by atoms with Crippen LogP contribution in [0, 0.1) is 0 Å². The number of aromatic nitrogens is 1. The lowest BCUT2D eigenvalue weighted by Gasteiger charge is -2.26. The SMILES string of the molecule is c1ccc(-c2ccc(N(c3ccc(-c4ccccc4)cc3)c3ccc4c(c3)sc3cnccc34)cc2)cc1. The van der Waals surface area contributed by atoms with Crippen LogP contribution in [0.1, 0.15) is 0 Å². The van der Waals surface area contributed by atoms with Gasteiger partial charge in [0.1, 0.15) is 0 Å². The van der Waals surface area contributed by atoms with Crippen molar-refractivity contribution in [2.45, 2.75) is 0 Å². The fourth-order valence-electron chi connectivity index (χ4n) is 5.07. The van der Waals surface area contributed by atoms with E-state index in [2.05, 4.69) is 143 Å². The average molecular weight is 505 g/mol. The fraction of sp³-hybridized carbons (Fsp3) is 0. The van der Waals surface area contributed by atoms with Crippen LogP contribution >= 0.6 is 11.3 Å². The molecule has 0 saturated carbocycles. The zero-order valence-corrected chi connectivity index (χ0v) is 21.5. The summed E-state index contributed by atoms with van der Waals surface area (Å²) in [5, 5.41) is 2.53. The number of thiophene rings is 1. The molecule has 0 atom stereocenters. The van der Waals surface area contributed by atoms with Crippen molar-refractivity contribution in [1.29, 1.82) is 0 Å². The molecule has 2 aromatic heterocycles. The third kappa shape index (κ3) is 4.13. The topological polar surface area (TPSA) is 16.1 Å². The lowest BCUT2D eigenvalue weighted by molar-refractivity contribution is 1.29. The second kappa shape index (κ2) is 9.62. The molecule has 0 aliphatic rings. The molecule has 0 bridgehead atoms. The van der Waals surface area contributed by atoms with E-state index in [0.29, 0.717) is 0 Å². The van der Waals surface area contributed by atoms with E-state index >= 15 is 0 Å². The Bertz CT molecular complexity index is 1760. The fourth-order valence-corrected chi connectivity index (χ4v) is 6.18. The van der Waals surface area contributed by atoms with E-state index in [4.69, 9.17) is 0 Å². The molecule has 0 saturated heterocycles. The second-order valence-corrected chi connectivity index (χ2v) is 10.4. The van der Waals surface area contributed by atoms with Gasteiger partial charge in [0, 0.05) is 44.9 Å². The van der Waals surface area contributed by atoms with Gasteiger partial charge in [0.2, 0.25) is 0 Å². The Morgan fingerprint density at radius 3 is 1.53 bits per heavy atom. The molecule has 0 N–H and O–H groups in total. The summed E-state index contributed by atoms with van der Waals surface area (Å²) in [5.41, 5.74) is 8.24. The minimum atomic E-state index is 1.12. The minimum Gasteiger partial charge on any atom is -0.310 e. The summed E-state index contributed by atoms with van der Waals surface area (Å²) >= 11 is 1.79. The number of nitrogens with zero attached hydrogens (tertiary/aromatic N) is 2. The number of benzene rings is 5. The standard InChI is InChI=1S/C35H24N2S/c1-3-7-25(8-4-1)27-11-15-29(16-12-27)37(30-17-13-28(14-18-30)26-9-5-2-6-10-26)31-19-20-32-33-21-22-36-24-35(33)38-34(32)23-31/h1-24H. The normalized spacial score (nSPS) is 11.2. The van der Waals surface area contributed by atoms with Gasteiger partial charge >= 0.3 is 0 Å². The Kier molecular flexibility index (Phi) is 5.69. The minimum absolute atomic E-state index is 1.12. The summed E-state index contributed by atoms with van der Waals surface area (Å²) < 4.78 is 2.47. The van der Waals surface area contributed by atoms with E-state index in [1.807, 2.05) is 12.4 Å². The highest BCUT2D eigenvalue weighted by Gasteiger charge is 2.15. The summed E-state index contributed by atoms with van der Waals surface area (Å²) in [6, 6.07) is 47.6. The quantitative estimate of drug-likeness (QED) is 0.232. The molecule has 0 aliphatic heterocycles. The molecule has 0 unspecified atom stereocenters. The third-order valence-corrected chi connectivity index (χ3v) is 8.09. The van der Waals surface area contributed by atoms with E-state index in [-0.39, 0.29) is 0 Å². The molecule has 5 aromatic carbocycles. The van der Waals surface area contributed by atoms with E-state index in [1.165, 1.54) is 42.4 Å². The summed E-state index contributed by atoms with van der Waals surface area (Å²) in [4.78, 5) is 6.67. The first-order chi connectivity index (χ1) is 18.8. The molecule has 7 rings (SSSR count). The van der Waals surface area contributed by atoms with Gasteiger partial charge in [-0.15, -0.1) is 11.3 Å². The van der Waals surface area contributed by atoms with Gasteiger partial charge in [-0.3, -0.25) is 4.98 Å². The van der Waals surface area contributed by atoms with E-state index in [0.717, 1.165) is 17.1 Å². The highest BCUT2D eigenvalue weighted by molar-refractivity contribution is 7.25. The van der Waals surface area contributed by atoms with Crippen LogP contribution in [0.3, 0.4) is 0 Å². The van der Waals surface area contributed by atoms with Crippen LogP contribution < -0.4 is 4.90 Å². The van der Waals surface area contributed by atoms with Crippen LogP contribution in [0.4, 0.5) is 17.1 Å². The third-order valence-electron chi connectivity index (χ3n) is 6.98. The molecule has 180 valence electrons. The maximum absolute atomic E-state index is 4.33. The van der Waals surface area contributed by atoms with Crippen LogP contribution in [0.2, 0.25) is 0 Å². The first-order valence-corrected chi connectivity index (χ1v) is 13.5. The molecule has 0 aliphatic carbocycles. The number of hydrogen-bond acceptors (Lipinski definition) is 3. The number of rotatable bonds is 5. The Morgan fingerprint density at radius 2 is 0.947 bits per heavy atom. The molecule has 2 nitrogen and oxygen atoms in total. The monoisotopic (exact) mass is 504 g/mol. The van der Waals surface area contributed by atoms with Crippen molar-refractivity contribution in [2.75, 3.05) is 4.90 Å². The summed E-state index contributed by atoms with van der Waals surface area (Å²) in [5.74, 6) is 0. The number of hydrogen-bond donors (Lipinski definition) is 0. The summed E-state index contributed by atoms with van der Waals surface area (Å²) in [6.45, 7) is 0. The maximum atomic E-state index is 4.33. The predicted octanol–water partition coefficient (Wildman–Crippen LogP) is 10.3. The average Bonchev–Trinajstić information content (AvgIpc) is 3.37. The van der Waals surface area contributed by atoms with Gasteiger partial charge in [0.15, 0.2) is 0 Å². The highest BCUT2D eigenvalue weighted by Crippen LogP contribution is 2.41. The van der Waals surface area contributed by atoms with E-state index in [9.17, 15) is 0 Å². The molecular weight excluding hydrogens is 480 g/mol. The Morgan fingerprint density at radius 1 is 0.447 bits per heavy atom. The summed E-state index contributed by atoms with van der Waals surface area (Å²) in [6.07, 6.45) is 3.83. The van der Waals surface area contributed by atoms with Crippen molar-refractivity contribution in [3.05, 3.63) is 146 Å². The molecule has 0 spiro atoms. The van der Waals surface area contributed by atoms with Crippen LogP contribution in [0.15, 0.2) is 146 Å². The molecule has 38 heavy (non-hydrogen) atoms. The van der Waals surface area contributed by atoms with Crippen molar-refractivity contribution in [1.82, 2.24) is 4.98 Å². The first kappa shape index (κ1) is 22.5. The van der Waals surface area contributed by atoms with Crippen LogP contribution in [0.5, 0.6) is 0 Å². The molecule has 3 heteroatoms. The maximum Gasteiger partial charge on any atom is 0.0538 e. The van der Waals surface area contributed by atoms with Gasteiger partial charge < -0.3 is 4.90 Å². The molecular formula is C35H24N2S. The number of fused-ring (bicyclic) bond motifs is 3. The Balaban J connectivity index is 1.34. The highest BCUT2D eigenvalue weighted by atomic mass is 32.1. The predicted molar refractivity (Wildman–Crippen MR) is 163 cm³/mol. The molecule has 0 radical (unpaired) electrons. The first-order valence-electron chi connectivity index (χ1n) is 12.7. The molecule has 7 aromatic rings. The van der Waals surface area contributed by atoms with Crippen LogP contribution in [0.25, 0.3) is 42.4 Å². The van der Waals surface area contributed by atoms with Gasteiger partial charge in [0.05, 0.1) is 4.70 Å². The van der Waals surface area contributed by atoms with E-state index < -0.39 is 0 Å². The second-order valence-electron chi connectivity index (χ2n) is 9.32. The van der Waals surface area contributed by atoms with Gasteiger partial charge in [-0.25, -0.2) is 0 Å². The van der Waals surface area contributed by atoms with Crippen LogP contribution in [-0.4, -0.2) is 4.98 Å². The molecule has 0 amide bonds. The zero-order chi connectivity index (χ0) is 25.3. The Labute approximate surface area is 226 Å². The van der Waals surface area contributed by atoms with E-state index in [1.54, 1.807) is 11.3 Å². The molecule has 2 heterocycles. The van der Waals surface area contributed by atoms with Crippen molar-refractivity contribution >= 4 is 48.6 Å². The molecule has 0 fully saturated rings. The lowest BCUT2D eigenvalue weighted by atomic mass is 10.0. The van der Waals surface area contributed by atoms with Crippen molar-refractivity contribution < 1.29 is 0 Å². The van der Waals surface area contributed by atoms with Crippen molar-refractivity contribution in [3.8, 4) is 22.3 Å². The van der Waals surface area contributed by atoms with Crippen molar-refractivity contribution in [3.63, 3.8) is 0 Å². The summed E-state index contributed by atoms with van der Waals surface area (Å²) in [7, 11) is 0. The van der Waals surface area contributed by atoms with Crippen molar-refractivity contribution in [2.24, 2.45) is 0 Å². The largest absolute Gasteiger partial charge is 0.310 e. The zero-order valence-electron chi connectivity index (χ0n) is 20.7.